The van der Waals surface area contributed by atoms with Crippen molar-refractivity contribution in [2.75, 3.05) is 6.61 Å². The largest absolute Gasteiger partial charge is 0.573 e. The molecule has 158 valence electrons. The molecular weight excluding hydrogens is 399 g/mol. The molecule has 2 aromatic carbocycles. The van der Waals surface area contributed by atoms with Crippen molar-refractivity contribution < 1.29 is 27.4 Å². The second-order valence-electron chi connectivity index (χ2n) is 5.97. The number of carbonyl (C=O) groups excluding carboxylic acids is 1. The minimum atomic E-state index is -4.74. The molecule has 2 N–H and O–H groups in total. The van der Waals surface area contributed by atoms with E-state index in [4.69, 9.17) is 10.5 Å². The van der Waals surface area contributed by atoms with E-state index in [1.54, 1.807) is 44.2 Å². The predicted molar refractivity (Wildman–Crippen MR) is 109 cm³/mol. The Hall–Kier alpha value is -3.62. The van der Waals surface area contributed by atoms with E-state index in [0.29, 0.717) is 23.4 Å². The van der Waals surface area contributed by atoms with Crippen LogP contribution in [0.3, 0.4) is 0 Å². The van der Waals surface area contributed by atoms with Crippen LogP contribution < -0.4 is 10.5 Å². The molecule has 0 aliphatic rings. The number of aliphatic imine (C=N–C) groups is 2. The first kappa shape index (κ1) is 22.7. The number of hydrogen-bond acceptors (Lipinski definition) is 4. The SMILES string of the molecule is CCOC(=O)/C(C)=C/c1ccc(C(N)=NC=Nc2ccc(OC(F)(F)F)cc2)cc1. The molecule has 6 nitrogen and oxygen atoms in total. The molecule has 0 saturated carbocycles. The summed E-state index contributed by atoms with van der Waals surface area (Å²) in [5.74, 6) is -0.512. The highest BCUT2D eigenvalue weighted by atomic mass is 19.4. The van der Waals surface area contributed by atoms with Crippen molar-refractivity contribution in [3.05, 3.63) is 65.2 Å². The molecule has 0 atom stereocenters. The van der Waals surface area contributed by atoms with Gasteiger partial charge in [-0.1, -0.05) is 24.3 Å². The molecule has 0 saturated heterocycles. The summed E-state index contributed by atoms with van der Waals surface area (Å²) < 4.78 is 45.1. The fourth-order valence-electron chi connectivity index (χ4n) is 2.27. The molecule has 0 amide bonds. The Balaban J connectivity index is 2.01. The van der Waals surface area contributed by atoms with E-state index in [1.165, 1.54) is 18.5 Å². The number of ether oxygens (including phenoxy) is 2. The van der Waals surface area contributed by atoms with Crippen molar-refractivity contribution in [1.29, 1.82) is 0 Å². The van der Waals surface area contributed by atoms with E-state index in [1.807, 2.05) is 0 Å². The third kappa shape index (κ3) is 7.42. The van der Waals surface area contributed by atoms with Crippen LogP contribution in [0.2, 0.25) is 0 Å². The number of halogens is 3. The number of benzene rings is 2. The van der Waals surface area contributed by atoms with E-state index in [2.05, 4.69) is 14.7 Å². The number of nitrogens with zero attached hydrogens (tertiary/aromatic N) is 2. The van der Waals surface area contributed by atoms with Crippen molar-refractivity contribution in [2.45, 2.75) is 20.2 Å². The van der Waals surface area contributed by atoms with Gasteiger partial charge in [0, 0.05) is 11.1 Å². The Kier molecular flexibility index (Phi) is 7.74. The highest BCUT2D eigenvalue weighted by Gasteiger charge is 2.30. The van der Waals surface area contributed by atoms with Gasteiger partial charge in [-0.25, -0.2) is 14.8 Å². The van der Waals surface area contributed by atoms with Crippen LogP contribution in [0.5, 0.6) is 5.75 Å². The third-order valence-corrected chi connectivity index (χ3v) is 3.66. The molecule has 9 heteroatoms. The summed E-state index contributed by atoms with van der Waals surface area (Å²) in [5.41, 5.74) is 8.22. The lowest BCUT2D eigenvalue weighted by molar-refractivity contribution is -0.274. The normalized spacial score (nSPS) is 12.8. The summed E-state index contributed by atoms with van der Waals surface area (Å²) in [6.45, 7) is 3.71. The lowest BCUT2D eigenvalue weighted by Gasteiger charge is -2.08. The maximum absolute atomic E-state index is 12.1. The van der Waals surface area contributed by atoms with E-state index >= 15 is 0 Å². The van der Waals surface area contributed by atoms with Crippen LogP contribution in [-0.4, -0.2) is 31.1 Å². The third-order valence-electron chi connectivity index (χ3n) is 3.66. The Labute approximate surface area is 171 Å². The summed E-state index contributed by atoms with van der Waals surface area (Å²) in [6, 6.07) is 12.0. The summed E-state index contributed by atoms with van der Waals surface area (Å²) in [7, 11) is 0. The number of rotatable bonds is 7. The molecule has 0 spiro atoms. The van der Waals surface area contributed by atoms with Crippen molar-refractivity contribution in [1.82, 2.24) is 0 Å². The number of esters is 1. The quantitative estimate of drug-likeness (QED) is 0.307. The zero-order valence-corrected chi connectivity index (χ0v) is 16.3. The summed E-state index contributed by atoms with van der Waals surface area (Å²) in [5, 5.41) is 0. The molecule has 0 aliphatic heterocycles. The first-order valence-electron chi connectivity index (χ1n) is 8.85. The van der Waals surface area contributed by atoms with Gasteiger partial charge in [0.1, 0.15) is 17.9 Å². The van der Waals surface area contributed by atoms with E-state index in [9.17, 15) is 18.0 Å². The number of carbonyl (C=O) groups is 1. The average molecular weight is 419 g/mol. The van der Waals surface area contributed by atoms with Crippen LogP contribution in [0.15, 0.2) is 64.1 Å². The Morgan fingerprint density at radius 3 is 2.30 bits per heavy atom. The van der Waals surface area contributed by atoms with Crippen molar-refractivity contribution in [3.63, 3.8) is 0 Å². The lowest BCUT2D eigenvalue weighted by Crippen LogP contribution is -2.16. The summed E-state index contributed by atoms with van der Waals surface area (Å²) >= 11 is 0. The molecule has 0 heterocycles. The molecule has 0 bridgehead atoms. The maximum Gasteiger partial charge on any atom is 0.573 e. The summed E-state index contributed by atoms with van der Waals surface area (Å²) in [4.78, 5) is 19.7. The molecule has 30 heavy (non-hydrogen) atoms. The fourth-order valence-corrected chi connectivity index (χ4v) is 2.27. The fraction of sp³-hybridized carbons (Fsp3) is 0.190. The van der Waals surface area contributed by atoms with E-state index < -0.39 is 6.36 Å². The monoisotopic (exact) mass is 419 g/mol. The van der Waals surface area contributed by atoms with Gasteiger partial charge < -0.3 is 15.2 Å². The molecule has 0 aliphatic carbocycles. The first-order valence-corrected chi connectivity index (χ1v) is 8.85. The van der Waals surface area contributed by atoms with Gasteiger partial charge in [0.2, 0.25) is 0 Å². The first-order chi connectivity index (χ1) is 14.2. The number of alkyl halides is 3. The number of nitrogens with two attached hydrogens (primary N) is 1. The van der Waals surface area contributed by atoms with Gasteiger partial charge in [0.05, 0.1) is 12.3 Å². The van der Waals surface area contributed by atoms with E-state index in [-0.39, 0.29) is 17.6 Å². The molecular formula is C21H20F3N3O3. The zero-order valence-electron chi connectivity index (χ0n) is 16.3. The van der Waals surface area contributed by atoms with Crippen molar-refractivity contribution in [3.8, 4) is 5.75 Å². The van der Waals surface area contributed by atoms with E-state index in [0.717, 1.165) is 17.7 Å². The second kappa shape index (κ2) is 10.2. The standard InChI is InChI=1S/C21H20F3N3O3/c1-3-29-20(28)14(2)12-15-4-6-16(7-5-15)19(25)27-13-26-17-8-10-18(11-9-17)30-21(22,23)24/h4-13H,3H2,1-2H3,(H2,25,26,27)/b14-12+. The van der Waals surface area contributed by atoms with Gasteiger partial charge >= 0.3 is 12.3 Å². The van der Waals surface area contributed by atoms with Gasteiger partial charge in [0.15, 0.2) is 0 Å². The Bertz CT molecular complexity index is 948. The van der Waals surface area contributed by atoms with Crippen LogP contribution in [0.4, 0.5) is 18.9 Å². The van der Waals surface area contributed by atoms with Crippen LogP contribution >= 0.6 is 0 Å². The average Bonchev–Trinajstić information content (AvgIpc) is 2.69. The molecule has 2 aromatic rings. The molecule has 2 rings (SSSR count). The molecule has 0 unspecified atom stereocenters. The molecule has 0 fully saturated rings. The van der Waals surface area contributed by atoms with Gasteiger partial charge in [0.25, 0.3) is 0 Å². The highest BCUT2D eigenvalue weighted by Crippen LogP contribution is 2.24. The number of amidine groups is 1. The lowest BCUT2D eigenvalue weighted by atomic mass is 10.1. The maximum atomic E-state index is 12.1. The van der Waals surface area contributed by atoms with Crippen LogP contribution in [-0.2, 0) is 9.53 Å². The van der Waals surface area contributed by atoms with Crippen LogP contribution in [0, 0.1) is 0 Å². The van der Waals surface area contributed by atoms with Crippen LogP contribution in [0.25, 0.3) is 6.08 Å². The Morgan fingerprint density at radius 2 is 1.73 bits per heavy atom. The smallest absolute Gasteiger partial charge is 0.463 e. The van der Waals surface area contributed by atoms with Gasteiger partial charge in [-0.15, -0.1) is 13.2 Å². The van der Waals surface area contributed by atoms with Crippen LogP contribution in [0.1, 0.15) is 25.0 Å². The molecule has 0 aromatic heterocycles. The zero-order chi connectivity index (χ0) is 22.1. The second-order valence-corrected chi connectivity index (χ2v) is 5.97. The highest BCUT2D eigenvalue weighted by molar-refractivity contribution is 6.01. The van der Waals surface area contributed by atoms with Gasteiger partial charge in [-0.2, -0.15) is 0 Å². The van der Waals surface area contributed by atoms with Gasteiger partial charge in [-0.3, -0.25) is 0 Å². The predicted octanol–water partition coefficient (Wildman–Crippen LogP) is 4.62. The Morgan fingerprint density at radius 1 is 1.10 bits per heavy atom. The van der Waals surface area contributed by atoms with Crippen molar-refractivity contribution >= 4 is 29.9 Å². The minimum absolute atomic E-state index is 0.202. The van der Waals surface area contributed by atoms with Crippen molar-refractivity contribution in [2.24, 2.45) is 15.7 Å². The van der Waals surface area contributed by atoms with Gasteiger partial charge in [-0.05, 0) is 49.8 Å². The number of hydrogen-bond donors (Lipinski definition) is 1. The molecule has 0 radical (unpaired) electrons. The minimum Gasteiger partial charge on any atom is -0.463 e. The topological polar surface area (TPSA) is 86.3 Å². The summed E-state index contributed by atoms with van der Waals surface area (Å²) in [6.07, 6.45) is -1.84.